The molecule has 0 fully saturated rings. The van der Waals surface area contributed by atoms with Gasteiger partial charge in [0.05, 0.1) is 18.4 Å². The highest BCUT2D eigenvalue weighted by atomic mass is 16.5. The molecule has 5 rings (SSSR count). The summed E-state index contributed by atoms with van der Waals surface area (Å²) in [5.74, 6) is 0.473. The summed E-state index contributed by atoms with van der Waals surface area (Å²) in [6.45, 7) is 4.90. The normalized spacial score (nSPS) is 15.6. The Morgan fingerprint density at radius 1 is 0.848 bits per heavy atom. The van der Waals surface area contributed by atoms with Gasteiger partial charge >= 0.3 is 0 Å². The molecule has 0 N–H and O–H groups in total. The Kier molecular flexibility index (Phi) is 5.25. The summed E-state index contributed by atoms with van der Waals surface area (Å²) in [5, 5.41) is 0. The van der Waals surface area contributed by atoms with Crippen molar-refractivity contribution in [3.05, 3.63) is 95.2 Å². The van der Waals surface area contributed by atoms with E-state index < -0.39 is 0 Å². The van der Waals surface area contributed by atoms with Gasteiger partial charge in [0.25, 0.3) is 11.8 Å². The van der Waals surface area contributed by atoms with Crippen LogP contribution in [0.1, 0.15) is 36.5 Å². The number of anilines is 2. The third-order valence-electron chi connectivity index (χ3n) is 6.41. The maximum absolute atomic E-state index is 13.8. The molecule has 3 aromatic rings. The number of benzene rings is 3. The predicted octanol–water partition coefficient (Wildman–Crippen LogP) is 5.17. The lowest BCUT2D eigenvalue weighted by atomic mass is 10.0. The van der Waals surface area contributed by atoms with Crippen LogP contribution in [-0.4, -0.2) is 25.5 Å². The summed E-state index contributed by atoms with van der Waals surface area (Å²) in [6.07, 6.45) is 0.833. The standard InChI is InChI=1S/C28H26N2O3/c1-18(2)19-8-12-22(13-9-19)30-27(31)25(21-10-14-23(33-3)15-11-21)26(28(30)32)29-17-16-20-6-4-5-7-24(20)29/h4-15,18H,16-17H2,1-3H3. The first-order valence-electron chi connectivity index (χ1n) is 11.2. The third kappa shape index (κ3) is 3.50. The molecular weight excluding hydrogens is 412 g/mol. The molecule has 0 spiro atoms. The van der Waals surface area contributed by atoms with Gasteiger partial charge in [0, 0.05) is 12.2 Å². The van der Waals surface area contributed by atoms with Crippen LogP contribution in [0, 0.1) is 0 Å². The van der Waals surface area contributed by atoms with Crippen molar-refractivity contribution < 1.29 is 14.3 Å². The molecule has 0 atom stereocenters. The predicted molar refractivity (Wildman–Crippen MR) is 130 cm³/mol. The summed E-state index contributed by atoms with van der Waals surface area (Å²) < 4.78 is 5.29. The van der Waals surface area contributed by atoms with E-state index in [2.05, 4.69) is 19.9 Å². The molecule has 2 aliphatic heterocycles. The van der Waals surface area contributed by atoms with Crippen LogP contribution in [-0.2, 0) is 16.0 Å². The SMILES string of the molecule is COc1ccc(C2=C(N3CCc4ccccc43)C(=O)N(c3ccc(C(C)C)cc3)C2=O)cc1. The molecule has 0 bridgehead atoms. The van der Waals surface area contributed by atoms with Crippen LogP contribution in [0.2, 0.25) is 0 Å². The van der Waals surface area contributed by atoms with E-state index in [4.69, 9.17) is 4.74 Å². The second-order valence-corrected chi connectivity index (χ2v) is 8.67. The number of rotatable bonds is 5. The minimum absolute atomic E-state index is 0.292. The number of amides is 2. The van der Waals surface area contributed by atoms with E-state index in [0.29, 0.717) is 40.7 Å². The summed E-state index contributed by atoms with van der Waals surface area (Å²) in [4.78, 5) is 30.9. The van der Waals surface area contributed by atoms with Crippen molar-refractivity contribution in [1.29, 1.82) is 0 Å². The van der Waals surface area contributed by atoms with E-state index in [1.54, 1.807) is 7.11 Å². The Bertz CT molecular complexity index is 1260. The van der Waals surface area contributed by atoms with Gasteiger partial charge < -0.3 is 9.64 Å². The average Bonchev–Trinajstić information content (AvgIpc) is 3.37. The molecule has 5 nitrogen and oxygen atoms in total. The number of para-hydroxylation sites is 1. The van der Waals surface area contributed by atoms with Crippen LogP contribution in [0.15, 0.2) is 78.5 Å². The molecule has 0 saturated heterocycles. The number of fused-ring (bicyclic) bond motifs is 1. The molecule has 2 amide bonds. The lowest BCUT2D eigenvalue weighted by molar-refractivity contribution is -0.120. The summed E-state index contributed by atoms with van der Waals surface area (Å²) >= 11 is 0. The Labute approximate surface area is 193 Å². The molecule has 33 heavy (non-hydrogen) atoms. The second kappa shape index (κ2) is 8.24. The minimum Gasteiger partial charge on any atom is -0.497 e. The average molecular weight is 439 g/mol. The van der Waals surface area contributed by atoms with Gasteiger partial charge in [0.1, 0.15) is 11.4 Å². The molecule has 2 aliphatic rings. The first kappa shape index (κ1) is 21.0. The first-order valence-corrected chi connectivity index (χ1v) is 11.2. The molecule has 0 aliphatic carbocycles. The van der Waals surface area contributed by atoms with Crippen LogP contribution in [0.3, 0.4) is 0 Å². The lowest BCUT2D eigenvalue weighted by Crippen LogP contribution is -2.34. The largest absolute Gasteiger partial charge is 0.497 e. The number of methoxy groups -OCH3 is 1. The molecule has 0 aromatic heterocycles. The zero-order valence-corrected chi connectivity index (χ0v) is 19.0. The summed E-state index contributed by atoms with van der Waals surface area (Å²) in [6, 6.07) is 23.1. The number of carbonyl (C=O) groups is 2. The first-order chi connectivity index (χ1) is 16.0. The Hall–Kier alpha value is -3.86. The smallest absolute Gasteiger partial charge is 0.282 e. The number of hydrogen-bond donors (Lipinski definition) is 0. The molecule has 2 heterocycles. The fourth-order valence-corrected chi connectivity index (χ4v) is 4.60. The summed E-state index contributed by atoms with van der Waals surface area (Å²) in [5.41, 5.74) is 5.47. The molecule has 166 valence electrons. The van der Waals surface area contributed by atoms with Gasteiger partial charge in [-0.15, -0.1) is 0 Å². The van der Waals surface area contributed by atoms with E-state index in [-0.39, 0.29) is 11.8 Å². The van der Waals surface area contributed by atoms with Crippen LogP contribution in [0.25, 0.3) is 5.57 Å². The Morgan fingerprint density at radius 3 is 2.21 bits per heavy atom. The fourth-order valence-electron chi connectivity index (χ4n) is 4.60. The van der Waals surface area contributed by atoms with E-state index in [9.17, 15) is 9.59 Å². The Morgan fingerprint density at radius 2 is 1.55 bits per heavy atom. The van der Waals surface area contributed by atoms with Crippen LogP contribution in [0.5, 0.6) is 5.75 Å². The van der Waals surface area contributed by atoms with E-state index >= 15 is 0 Å². The highest BCUT2D eigenvalue weighted by Crippen LogP contribution is 2.40. The van der Waals surface area contributed by atoms with Gasteiger partial charge in [0.2, 0.25) is 0 Å². The fraction of sp³-hybridized carbons (Fsp3) is 0.214. The van der Waals surface area contributed by atoms with Crippen molar-refractivity contribution in [2.75, 3.05) is 23.5 Å². The van der Waals surface area contributed by atoms with Crippen LogP contribution in [0.4, 0.5) is 11.4 Å². The van der Waals surface area contributed by atoms with Gasteiger partial charge in [0.15, 0.2) is 0 Å². The zero-order chi connectivity index (χ0) is 23.1. The minimum atomic E-state index is -0.304. The molecule has 0 saturated carbocycles. The monoisotopic (exact) mass is 438 g/mol. The van der Waals surface area contributed by atoms with Crippen LogP contribution < -0.4 is 14.5 Å². The number of nitrogens with zero attached hydrogens (tertiary/aromatic N) is 2. The maximum atomic E-state index is 13.8. The molecule has 0 unspecified atom stereocenters. The summed E-state index contributed by atoms with van der Waals surface area (Å²) in [7, 11) is 1.60. The molecule has 0 radical (unpaired) electrons. The highest BCUT2D eigenvalue weighted by molar-refractivity contribution is 6.46. The van der Waals surface area contributed by atoms with Crippen molar-refractivity contribution in [2.24, 2.45) is 0 Å². The van der Waals surface area contributed by atoms with E-state index in [0.717, 1.165) is 17.7 Å². The highest BCUT2D eigenvalue weighted by Gasteiger charge is 2.44. The quantitative estimate of drug-likeness (QED) is 0.516. The number of imide groups is 1. The van der Waals surface area contributed by atoms with Crippen LogP contribution >= 0.6 is 0 Å². The van der Waals surface area contributed by atoms with Crippen molar-refractivity contribution in [2.45, 2.75) is 26.2 Å². The van der Waals surface area contributed by atoms with Crippen molar-refractivity contribution in [3.63, 3.8) is 0 Å². The van der Waals surface area contributed by atoms with Gasteiger partial charge in [-0.05, 0) is 59.4 Å². The number of carbonyl (C=O) groups excluding carboxylic acids is 2. The number of hydrogen-bond acceptors (Lipinski definition) is 4. The van der Waals surface area contributed by atoms with Gasteiger partial charge in [-0.25, -0.2) is 4.90 Å². The van der Waals surface area contributed by atoms with Gasteiger partial charge in [-0.2, -0.15) is 0 Å². The van der Waals surface area contributed by atoms with Gasteiger partial charge in [-0.3, -0.25) is 9.59 Å². The van der Waals surface area contributed by atoms with E-state index in [1.807, 2.05) is 71.6 Å². The van der Waals surface area contributed by atoms with E-state index in [1.165, 1.54) is 10.5 Å². The maximum Gasteiger partial charge on any atom is 0.282 e. The second-order valence-electron chi connectivity index (χ2n) is 8.67. The lowest BCUT2D eigenvalue weighted by Gasteiger charge is -2.22. The Balaban J connectivity index is 1.63. The van der Waals surface area contributed by atoms with Crippen molar-refractivity contribution in [3.8, 4) is 5.75 Å². The zero-order valence-electron chi connectivity index (χ0n) is 19.0. The topological polar surface area (TPSA) is 49.9 Å². The number of ether oxygens (including phenoxy) is 1. The third-order valence-corrected chi connectivity index (χ3v) is 6.41. The molecule has 3 aromatic carbocycles. The van der Waals surface area contributed by atoms with Crippen molar-refractivity contribution >= 4 is 28.8 Å². The molecular formula is C28H26N2O3. The van der Waals surface area contributed by atoms with Crippen molar-refractivity contribution in [1.82, 2.24) is 0 Å². The van der Waals surface area contributed by atoms with Gasteiger partial charge in [-0.1, -0.05) is 56.3 Å². The molecule has 5 heteroatoms.